The van der Waals surface area contributed by atoms with Crippen molar-refractivity contribution >= 4 is 11.6 Å². The summed E-state index contributed by atoms with van der Waals surface area (Å²) in [4.78, 5) is 0. The minimum absolute atomic E-state index is 0.315. The first kappa shape index (κ1) is 13.9. The molecule has 0 heterocycles. The van der Waals surface area contributed by atoms with Crippen LogP contribution in [0.1, 0.15) is 22.8 Å². The van der Waals surface area contributed by atoms with E-state index in [4.69, 9.17) is 11.6 Å². The zero-order valence-corrected chi connectivity index (χ0v) is 10.7. The van der Waals surface area contributed by atoms with E-state index >= 15 is 0 Å². The van der Waals surface area contributed by atoms with Gasteiger partial charge in [0.2, 0.25) is 0 Å². The average molecular weight is 287 g/mol. The van der Waals surface area contributed by atoms with Crippen molar-refractivity contribution in [2.75, 3.05) is 0 Å². The monoisotopic (exact) mass is 286 g/mol. The number of halogens is 4. The maximum absolute atomic E-state index is 13.6. The van der Waals surface area contributed by atoms with Crippen LogP contribution in [0.5, 0.6) is 0 Å². The fourth-order valence-corrected chi connectivity index (χ4v) is 2.15. The molecule has 0 saturated heterocycles. The number of aliphatic hydroxyl groups excluding tert-OH is 1. The van der Waals surface area contributed by atoms with Gasteiger partial charge < -0.3 is 5.11 Å². The predicted octanol–water partition coefficient (Wildman–Crippen LogP) is 4.15. The Hall–Kier alpha value is -1.52. The zero-order valence-electron chi connectivity index (χ0n) is 9.92. The maximum atomic E-state index is 13.6. The Morgan fingerprint density at radius 1 is 1.05 bits per heavy atom. The minimum atomic E-state index is -1.60. The Kier molecular flexibility index (Phi) is 3.83. The molecule has 2 aromatic rings. The lowest BCUT2D eigenvalue weighted by molar-refractivity contribution is 0.212. The first-order valence-corrected chi connectivity index (χ1v) is 5.86. The molecule has 1 atom stereocenters. The molecular weight excluding hydrogens is 277 g/mol. The summed E-state index contributed by atoms with van der Waals surface area (Å²) in [5.41, 5.74) is 0.750. The van der Waals surface area contributed by atoms with Crippen LogP contribution in [-0.2, 0) is 0 Å². The minimum Gasteiger partial charge on any atom is -0.384 e. The molecule has 0 amide bonds. The molecule has 1 N–H and O–H groups in total. The number of rotatable bonds is 2. The highest BCUT2D eigenvalue weighted by Crippen LogP contribution is 2.29. The van der Waals surface area contributed by atoms with Crippen LogP contribution in [-0.4, -0.2) is 5.11 Å². The zero-order chi connectivity index (χ0) is 14.2. The largest absolute Gasteiger partial charge is 0.384 e. The number of benzene rings is 2. The van der Waals surface area contributed by atoms with Gasteiger partial charge in [0, 0.05) is 10.6 Å². The topological polar surface area (TPSA) is 20.2 Å². The number of aliphatic hydroxyl groups is 1. The van der Waals surface area contributed by atoms with E-state index in [1.165, 1.54) is 6.07 Å². The summed E-state index contributed by atoms with van der Waals surface area (Å²) >= 11 is 5.84. The van der Waals surface area contributed by atoms with Crippen molar-refractivity contribution in [2.45, 2.75) is 13.0 Å². The van der Waals surface area contributed by atoms with Crippen molar-refractivity contribution < 1.29 is 18.3 Å². The van der Waals surface area contributed by atoms with Gasteiger partial charge in [0.15, 0.2) is 17.5 Å². The molecule has 0 bridgehead atoms. The third-order valence-corrected chi connectivity index (χ3v) is 2.96. The van der Waals surface area contributed by atoms with Gasteiger partial charge in [0.25, 0.3) is 0 Å². The summed E-state index contributed by atoms with van der Waals surface area (Å²) in [7, 11) is 0. The van der Waals surface area contributed by atoms with Crippen LogP contribution >= 0.6 is 11.6 Å². The summed E-state index contributed by atoms with van der Waals surface area (Å²) < 4.78 is 39.6. The molecular formula is C14H10ClF3O. The van der Waals surface area contributed by atoms with Crippen molar-refractivity contribution in [3.8, 4) is 0 Å². The Morgan fingerprint density at radius 2 is 1.74 bits per heavy atom. The summed E-state index contributed by atoms with van der Waals surface area (Å²) in [5, 5.41) is 10.4. The third-order valence-electron chi connectivity index (χ3n) is 2.74. The van der Waals surface area contributed by atoms with Crippen LogP contribution in [0.15, 0.2) is 30.3 Å². The molecule has 0 radical (unpaired) electrons. The fourth-order valence-electron chi connectivity index (χ4n) is 1.85. The van der Waals surface area contributed by atoms with Crippen molar-refractivity contribution in [2.24, 2.45) is 0 Å². The summed E-state index contributed by atoms with van der Waals surface area (Å²) in [6.45, 7) is 1.75. The number of aryl methyl sites for hydroxylation is 1. The van der Waals surface area contributed by atoms with Gasteiger partial charge in [-0.3, -0.25) is 0 Å². The van der Waals surface area contributed by atoms with Gasteiger partial charge in [0.1, 0.15) is 6.10 Å². The Balaban J connectivity index is 2.50. The van der Waals surface area contributed by atoms with Gasteiger partial charge in [0.05, 0.1) is 0 Å². The van der Waals surface area contributed by atoms with Crippen LogP contribution in [0.25, 0.3) is 0 Å². The number of hydrogen-bond donors (Lipinski definition) is 1. The van der Waals surface area contributed by atoms with Gasteiger partial charge in [-0.1, -0.05) is 23.7 Å². The molecule has 100 valence electrons. The van der Waals surface area contributed by atoms with Gasteiger partial charge in [-0.25, -0.2) is 13.2 Å². The normalized spacial score (nSPS) is 12.5. The van der Waals surface area contributed by atoms with Crippen LogP contribution < -0.4 is 0 Å². The molecule has 2 rings (SSSR count). The highest BCUT2D eigenvalue weighted by molar-refractivity contribution is 6.30. The van der Waals surface area contributed by atoms with Crippen molar-refractivity contribution in [3.05, 3.63) is 69.5 Å². The highest BCUT2D eigenvalue weighted by atomic mass is 35.5. The molecule has 1 nitrogen and oxygen atoms in total. The Labute approximate surface area is 113 Å². The second kappa shape index (κ2) is 5.23. The lowest BCUT2D eigenvalue weighted by Crippen LogP contribution is -2.06. The maximum Gasteiger partial charge on any atom is 0.194 e. The Bertz CT molecular complexity index is 608. The summed E-state index contributed by atoms with van der Waals surface area (Å²) in [6, 6.07) is 6.49. The second-order valence-electron chi connectivity index (χ2n) is 4.23. The van der Waals surface area contributed by atoms with Gasteiger partial charge in [-0.15, -0.1) is 0 Å². The van der Waals surface area contributed by atoms with Gasteiger partial charge >= 0.3 is 0 Å². The molecule has 1 unspecified atom stereocenters. The molecule has 0 fully saturated rings. The molecule has 0 saturated carbocycles. The van der Waals surface area contributed by atoms with Crippen molar-refractivity contribution in [1.29, 1.82) is 0 Å². The lowest BCUT2D eigenvalue weighted by atomic mass is 9.99. The molecule has 0 aliphatic rings. The number of hydrogen-bond acceptors (Lipinski definition) is 1. The van der Waals surface area contributed by atoms with Crippen molar-refractivity contribution in [3.63, 3.8) is 0 Å². The van der Waals surface area contributed by atoms with E-state index in [1.54, 1.807) is 19.1 Å². The van der Waals surface area contributed by atoms with E-state index in [9.17, 15) is 18.3 Å². The van der Waals surface area contributed by atoms with E-state index in [0.717, 1.165) is 17.7 Å². The van der Waals surface area contributed by atoms with E-state index in [1.807, 2.05) is 0 Å². The van der Waals surface area contributed by atoms with Crippen LogP contribution in [0.2, 0.25) is 5.02 Å². The standard InChI is InChI=1S/C14H10ClF3O/c1-7-4-8(6-9(15)5-7)14(19)10-2-3-11(16)13(18)12(10)17/h2-6,14,19H,1H3. The van der Waals surface area contributed by atoms with Crippen LogP contribution in [0.4, 0.5) is 13.2 Å². The van der Waals surface area contributed by atoms with Gasteiger partial charge in [-0.05, 0) is 36.2 Å². The third kappa shape index (κ3) is 2.74. The smallest absolute Gasteiger partial charge is 0.194 e. The quantitative estimate of drug-likeness (QED) is 0.822. The SMILES string of the molecule is Cc1cc(Cl)cc(C(O)c2ccc(F)c(F)c2F)c1. The summed E-state index contributed by atoms with van der Waals surface area (Å²) in [6.07, 6.45) is -1.41. The molecule has 0 spiro atoms. The first-order valence-electron chi connectivity index (χ1n) is 5.48. The molecule has 0 aliphatic carbocycles. The van der Waals surface area contributed by atoms with E-state index < -0.39 is 23.6 Å². The van der Waals surface area contributed by atoms with Crippen LogP contribution in [0, 0.1) is 24.4 Å². The molecule has 19 heavy (non-hydrogen) atoms. The predicted molar refractivity (Wildman–Crippen MR) is 66.6 cm³/mol. The summed E-state index contributed by atoms with van der Waals surface area (Å²) in [5.74, 6) is -4.30. The van der Waals surface area contributed by atoms with Gasteiger partial charge in [-0.2, -0.15) is 0 Å². The second-order valence-corrected chi connectivity index (χ2v) is 4.67. The average Bonchev–Trinajstić information content (AvgIpc) is 2.34. The molecule has 0 aromatic heterocycles. The Morgan fingerprint density at radius 3 is 2.37 bits per heavy atom. The highest BCUT2D eigenvalue weighted by Gasteiger charge is 2.20. The lowest BCUT2D eigenvalue weighted by Gasteiger charge is -2.14. The molecule has 2 aromatic carbocycles. The van der Waals surface area contributed by atoms with E-state index in [0.29, 0.717) is 10.6 Å². The molecule has 5 heteroatoms. The van der Waals surface area contributed by atoms with Crippen LogP contribution in [0.3, 0.4) is 0 Å². The van der Waals surface area contributed by atoms with E-state index in [-0.39, 0.29) is 5.56 Å². The molecule has 0 aliphatic heterocycles. The van der Waals surface area contributed by atoms with Crippen molar-refractivity contribution in [1.82, 2.24) is 0 Å². The fraction of sp³-hybridized carbons (Fsp3) is 0.143. The van der Waals surface area contributed by atoms with E-state index in [2.05, 4.69) is 0 Å². The first-order chi connectivity index (χ1) is 8.90.